The van der Waals surface area contributed by atoms with Gasteiger partial charge in [0.05, 0.1) is 16.7 Å². The summed E-state index contributed by atoms with van der Waals surface area (Å²) in [5, 5.41) is 3.34. The summed E-state index contributed by atoms with van der Waals surface area (Å²) in [4.78, 5) is 12.2. The minimum Gasteiger partial charge on any atom is -0.352 e. The molecule has 0 aliphatic rings. The Hall–Kier alpha value is -3.14. The molecule has 0 aliphatic heterocycles. The molecular formula is C19H16N4. The molecule has 2 aromatic carbocycles. The smallest absolute Gasteiger partial charge is 0.201 e. The molecule has 0 fully saturated rings. The fourth-order valence-electron chi connectivity index (χ4n) is 2.60. The summed E-state index contributed by atoms with van der Waals surface area (Å²) in [6.45, 7) is 0.709. The van der Waals surface area contributed by atoms with E-state index in [-0.39, 0.29) is 0 Å². The first-order chi connectivity index (χ1) is 11.4. The number of anilines is 1. The zero-order valence-electron chi connectivity index (χ0n) is 12.5. The quantitative estimate of drug-likeness (QED) is 0.593. The van der Waals surface area contributed by atoms with Gasteiger partial charge in [-0.15, -0.1) is 0 Å². The van der Waals surface area contributed by atoms with Crippen LogP contribution in [0, 0.1) is 0 Å². The van der Waals surface area contributed by atoms with Crippen LogP contribution >= 0.6 is 0 Å². The van der Waals surface area contributed by atoms with Crippen LogP contribution in [0.1, 0.15) is 5.56 Å². The molecule has 4 rings (SSSR count). The van der Waals surface area contributed by atoms with Gasteiger partial charge in [-0.2, -0.15) is 0 Å². The van der Waals surface area contributed by atoms with Crippen molar-refractivity contribution in [1.82, 2.24) is 15.0 Å². The number of nitrogens with zero attached hydrogens (tertiary/aromatic N) is 2. The molecule has 0 amide bonds. The van der Waals surface area contributed by atoms with Crippen LogP contribution in [-0.4, -0.2) is 15.0 Å². The fraction of sp³-hybridized carbons (Fsp3) is 0.0526. The molecule has 23 heavy (non-hydrogen) atoms. The lowest BCUT2D eigenvalue weighted by Crippen LogP contribution is -2.01. The van der Waals surface area contributed by atoms with Crippen molar-refractivity contribution in [3.63, 3.8) is 0 Å². The first-order valence-corrected chi connectivity index (χ1v) is 7.57. The molecule has 0 saturated heterocycles. The Kier molecular flexibility index (Phi) is 3.48. The molecule has 0 atom stereocenters. The van der Waals surface area contributed by atoms with Gasteiger partial charge in [0.15, 0.2) is 0 Å². The van der Waals surface area contributed by atoms with Crippen LogP contribution < -0.4 is 5.32 Å². The van der Waals surface area contributed by atoms with Crippen LogP contribution in [-0.2, 0) is 6.54 Å². The van der Waals surface area contributed by atoms with Gasteiger partial charge in [0, 0.05) is 18.3 Å². The molecule has 4 aromatic rings. The van der Waals surface area contributed by atoms with Crippen molar-refractivity contribution in [2.45, 2.75) is 6.54 Å². The third-order valence-electron chi connectivity index (χ3n) is 3.74. The van der Waals surface area contributed by atoms with E-state index in [4.69, 9.17) is 0 Å². The predicted molar refractivity (Wildman–Crippen MR) is 93.1 cm³/mol. The summed E-state index contributed by atoms with van der Waals surface area (Å²) in [7, 11) is 0. The van der Waals surface area contributed by atoms with Crippen LogP contribution in [0.3, 0.4) is 0 Å². The number of para-hydroxylation sites is 2. The maximum atomic E-state index is 4.53. The summed E-state index contributed by atoms with van der Waals surface area (Å²) >= 11 is 0. The van der Waals surface area contributed by atoms with E-state index in [1.54, 1.807) is 0 Å². The molecule has 0 bridgehead atoms. The molecular weight excluding hydrogens is 284 g/mol. The van der Waals surface area contributed by atoms with Gasteiger partial charge in [0.1, 0.15) is 0 Å². The van der Waals surface area contributed by atoms with Gasteiger partial charge in [-0.3, -0.25) is 4.98 Å². The highest BCUT2D eigenvalue weighted by atomic mass is 15.1. The predicted octanol–water partition coefficient (Wildman–Crippen LogP) is 4.24. The summed E-state index contributed by atoms with van der Waals surface area (Å²) in [5.41, 5.74) is 5.30. The average Bonchev–Trinajstić information content (AvgIpc) is 3.04. The van der Waals surface area contributed by atoms with E-state index in [1.807, 2.05) is 48.7 Å². The van der Waals surface area contributed by atoms with Gasteiger partial charge in [-0.1, -0.05) is 36.4 Å². The highest BCUT2D eigenvalue weighted by Gasteiger charge is 2.03. The second-order valence-corrected chi connectivity index (χ2v) is 5.37. The van der Waals surface area contributed by atoms with Crippen LogP contribution in [0.2, 0.25) is 0 Å². The van der Waals surface area contributed by atoms with Gasteiger partial charge in [0.2, 0.25) is 5.95 Å². The van der Waals surface area contributed by atoms with Crippen molar-refractivity contribution in [3.05, 3.63) is 78.5 Å². The highest BCUT2D eigenvalue weighted by Crippen LogP contribution is 2.19. The van der Waals surface area contributed by atoms with Crippen LogP contribution in [0.4, 0.5) is 5.95 Å². The van der Waals surface area contributed by atoms with E-state index >= 15 is 0 Å². The molecule has 112 valence electrons. The Morgan fingerprint density at radius 2 is 1.83 bits per heavy atom. The molecule has 2 N–H and O–H groups in total. The first-order valence-electron chi connectivity index (χ1n) is 7.57. The third-order valence-corrected chi connectivity index (χ3v) is 3.74. The fourth-order valence-corrected chi connectivity index (χ4v) is 2.60. The molecule has 4 nitrogen and oxygen atoms in total. The van der Waals surface area contributed by atoms with E-state index in [1.165, 1.54) is 5.56 Å². The molecule has 0 unspecified atom stereocenters. The normalized spacial score (nSPS) is 10.8. The maximum Gasteiger partial charge on any atom is 0.201 e. The monoisotopic (exact) mass is 300 g/mol. The Balaban J connectivity index is 1.53. The van der Waals surface area contributed by atoms with E-state index < -0.39 is 0 Å². The zero-order chi connectivity index (χ0) is 15.5. The van der Waals surface area contributed by atoms with Gasteiger partial charge < -0.3 is 10.3 Å². The van der Waals surface area contributed by atoms with Crippen LogP contribution in [0.25, 0.3) is 22.3 Å². The second kappa shape index (κ2) is 5.93. The Morgan fingerprint density at radius 1 is 0.913 bits per heavy atom. The SMILES string of the molecule is c1ccc(-c2cccc(CNc3nc4ccccc4[nH]3)c2)nc1. The summed E-state index contributed by atoms with van der Waals surface area (Å²) in [5.74, 6) is 0.787. The summed E-state index contributed by atoms with van der Waals surface area (Å²) in [6, 6.07) is 22.3. The summed E-state index contributed by atoms with van der Waals surface area (Å²) < 4.78 is 0. The number of fused-ring (bicyclic) bond motifs is 1. The zero-order valence-corrected chi connectivity index (χ0v) is 12.5. The number of H-pyrrole nitrogens is 1. The standard InChI is InChI=1S/C19H16N4/c1-2-10-18-17(9-1)22-19(23-18)21-13-14-6-5-7-15(12-14)16-8-3-4-11-20-16/h1-12H,13H2,(H2,21,22,23). The van der Waals surface area contributed by atoms with E-state index in [0.717, 1.165) is 28.2 Å². The Morgan fingerprint density at radius 3 is 2.70 bits per heavy atom. The highest BCUT2D eigenvalue weighted by molar-refractivity contribution is 5.77. The number of rotatable bonds is 4. The topological polar surface area (TPSA) is 53.6 Å². The Bertz CT molecular complexity index is 895. The Labute approximate surface area is 134 Å². The van der Waals surface area contributed by atoms with E-state index in [0.29, 0.717) is 6.54 Å². The average molecular weight is 300 g/mol. The molecule has 0 spiro atoms. The largest absolute Gasteiger partial charge is 0.352 e. The number of hydrogen-bond donors (Lipinski definition) is 2. The molecule has 2 aromatic heterocycles. The van der Waals surface area contributed by atoms with Crippen LogP contribution in [0.5, 0.6) is 0 Å². The third kappa shape index (κ3) is 2.92. The van der Waals surface area contributed by atoms with Gasteiger partial charge in [-0.25, -0.2) is 4.98 Å². The molecule has 2 heterocycles. The maximum absolute atomic E-state index is 4.53. The molecule has 4 heteroatoms. The molecule has 0 saturated carbocycles. The van der Waals surface area contributed by atoms with Crippen molar-refractivity contribution in [2.24, 2.45) is 0 Å². The minimum absolute atomic E-state index is 0.709. The number of nitrogens with one attached hydrogen (secondary N) is 2. The van der Waals surface area contributed by atoms with Crippen molar-refractivity contribution in [1.29, 1.82) is 0 Å². The van der Waals surface area contributed by atoms with E-state index in [9.17, 15) is 0 Å². The lowest BCUT2D eigenvalue weighted by atomic mass is 10.1. The van der Waals surface area contributed by atoms with Crippen molar-refractivity contribution in [2.75, 3.05) is 5.32 Å². The van der Waals surface area contributed by atoms with Gasteiger partial charge in [-0.05, 0) is 35.9 Å². The van der Waals surface area contributed by atoms with Crippen molar-refractivity contribution >= 4 is 17.0 Å². The number of pyridine rings is 1. The number of aromatic nitrogens is 3. The molecule has 0 aliphatic carbocycles. The minimum atomic E-state index is 0.709. The lowest BCUT2D eigenvalue weighted by Gasteiger charge is -2.06. The lowest BCUT2D eigenvalue weighted by molar-refractivity contribution is 1.10. The summed E-state index contributed by atoms with van der Waals surface area (Å²) in [6.07, 6.45) is 1.81. The van der Waals surface area contributed by atoms with Crippen molar-refractivity contribution in [3.8, 4) is 11.3 Å². The first kappa shape index (κ1) is 13.5. The second-order valence-electron chi connectivity index (χ2n) is 5.37. The van der Waals surface area contributed by atoms with Gasteiger partial charge >= 0.3 is 0 Å². The number of aromatic amines is 1. The van der Waals surface area contributed by atoms with E-state index in [2.05, 4.69) is 44.5 Å². The number of imidazole rings is 1. The van der Waals surface area contributed by atoms with Crippen LogP contribution in [0.15, 0.2) is 72.9 Å². The van der Waals surface area contributed by atoms with Crippen molar-refractivity contribution < 1.29 is 0 Å². The molecule has 0 radical (unpaired) electrons. The van der Waals surface area contributed by atoms with Gasteiger partial charge in [0.25, 0.3) is 0 Å². The number of benzene rings is 2. The number of hydrogen-bond acceptors (Lipinski definition) is 3.